The van der Waals surface area contributed by atoms with Gasteiger partial charge in [-0.3, -0.25) is 0 Å². The molecule has 32 heavy (non-hydrogen) atoms. The standard InChI is InChI=1S/C25H20F6O/c26-21-13-8-17(15-22(21)32-20-6-2-1-3-7-20)5-4-14-23(16-24(23,27)28)18-9-11-19(12-10-18)25(29,30)31/h1-3,6-13,15H,4-5,14,16H2. The molecular formula is C25H20F6O. The maximum atomic E-state index is 14.3. The molecule has 4 rings (SSSR count). The fourth-order valence-corrected chi connectivity index (χ4v) is 4.03. The highest BCUT2D eigenvalue weighted by Gasteiger charge is 2.70. The molecule has 0 aliphatic heterocycles. The van der Waals surface area contributed by atoms with Gasteiger partial charge in [0, 0.05) is 6.42 Å². The molecule has 3 aromatic rings. The number of hydrogen-bond acceptors (Lipinski definition) is 1. The number of halogens is 6. The van der Waals surface area contributed by atoms with E-state index in [1.54, 1.807) is 36.4 Å². The van der Waals surface area contributed by atoms with Crippen LogP contribution in [-0.2, 0) is 18.0 Å². The van der Waals surface area contributed by atoms with E-state index >= 15 is 0 Å². The molecule has 1 fully saturated rings. The van der Waals surface area contributed by atoms with Crippen LogP contribution in [0.15, 0.2) is 72.8 Å². The number of alkyl halides is 5. The molecule has 1 unspecified atom stereocenters. The molecule has 1 nitrogen and oxygen atoms in total. The maximum absolute atomic E-state index is 14.3. The van der Waals surface area contributed by atoms with Gasteiger partial charge < -0.3 is 4.74 Å². The summed E-state index contributed by atoms with van der Waals surface area (Å²) in [5.41, 5.74) is -1.38. The van der Waals surface area contributed by atoms with Gasteiger partial charge in [0.15, 0.2) is 11.6 Å². The van der Waals surface area contributed by atoms with Crippen molar-refractivity contribution < 1.29 is 31.1 Å². The summed E-state index contributed by atoms with van der Waals surface area (Å²) in [5, 5.41) is 0. The molecule has 1 saturated carbocycles. The van der Waals surface area contributed by atoms with Gasteiger partial charge in [0.2, 0.25) is 0 Å². The van der Waals surface area contributed by atoms with E-state index in [-0.39, 0.29) is 17.7 Å². The molecule has 0 spiro atoms. The summed E-state index contributed by atoms with van der Waals surface area (Å²) in [7, 11) is 0. The molecule has 0 heterocycles. The van der Waals surface area contributed by atoms with Gasteiger partial charge in [-0.15, -0.1) is 0 Å². The molecule has 0 radical (unpaired) electrons. The lowest BCUT2D eigenvalue weighted by Gasteiger charge is -2.18. The first-order valence-electron chi connectivity index (χ1n) is 10.2. The van der Waals surface area contributed by atoms with Gasteiger partial charge in [-0.1, -0.05) is 36.4 Å². The van der Waals surface area contributed by atoms with Crippen molar-refractivity contribution in [2.24, 2.45) is 0 Å². The lowest BCUT2D eigenvalue weighted by atomic mass is 9.88. The first kappa shape index (κ1) is 22.2. The number of hydrogen-bond donors (Lipinski definition) is 0. The summed E-state index contributed by atoms with van der Waals surface area (Å²) in [6.07, 6.45) is -4.02. The van der Waals surface area contributed by atoms with Crippen LogP contribution in [0.5, 0.6) is 11.5 Å². The second-order valence-corrected chi connectivity index (χ2v) is 8.07. The maximum Gasteiger partial charge on any atom is 0.416 e. The van der Waals surface area contributed by atoms with E-state index in [4.69, 9.17) is 4.74 Å². The van der Waals surface area contributed by atoms with Crippen LogP contribution in [0.3, 0.4) is 0 Å². The van der Waals surface area contributed by atoms with Crippen LogP contribution >= 0.6 is 0 Å². The van der Waals surface area contributed by atoms with Crippen molar-refractivity contribution in [1.82, 2.24) is 0 Å². The fraction of sp³-hybridized carbons (Fsp3) is 0.280. The minimum atomic E-state index is -4.51. The highest BCUT2D eigenvalue weighted by molar-refractivity contribution is 5.40. The summed E-state index contributed by atoms with van der Waals surface area (Å²) >= 11 is 0. The minimum Gasteiger partial charge on any atom is -0.454 e. The van der Waals surface area contributed by atoms with Gasteiger partial charge in [-0.25, -0.2) is 13.2 Å². The normalized spacial score (nSPS) is 19.6. The fourth-order valence-electron chi connectivity index (χ4n) is 4.03. The predicted octanol–water partition coefficient (Wildman–Crippen LogP) is 7.94. The van der Waals surface area contributed by atoms with Crippen LogP contribution in [0.1, 0.15) is 36.0 Å². The van der Waals surface area contributed by atoms with E-state index < -0.39 is 35.3 Å². The number of ether oxygens (including phenoxy) is 1. The van der Waals surface area contributed by atoms with Crippen LogP contribution in [-0.4, -0.2) is 5.92 Å². The molecule has 168 valence electrons. The molecule has 0 bridgehead atoms. The Morgan fingerprint density at radius 1 is 0.875 bits per heavy atom. The van der Waals surface area contributed by atoms with Crippen LogP contribution in [0.25, 0.3) is 0 Å². The van der Waals surface area contributed by atoms with Gasteiger partial charge in [-0.2, -0.15) is 13.2 Å². The molecule has 7 heteroatoms. The van der Waals surface area contributed by atoms with E-state index in [0.717, 1.165) is 29.8 Å². The molecule has 0 saturated heterocycles. The summed E-state index contributed by atoms with van der Waals surface area (Å²) in [5.74, 6) is -2.98. The monoisotopic (exact) mass is 450 g/mol. The first-order chi connectivity index (χ1) is 15.1. The average Bonchev–Trinajstić information content (AvgIpc) is 3.32. The Labute approximate surface area is 181 Å². The van der Waals surface area contributed by atoms with Crippen molar-refractivity contribution >= 4 is 0 Å². The number of rotatable bonds is 7. The van der Waals surface area contributed by atoms with Gasteiger partial charge >= 0.3 is 6.18 Å². The highest BCUT2D eigenvalue weighted by Crippen LogP contribution is 2.64. The Hall–Kier alpha value is -2.96. The van der Waals surface area contributed by atoms with E-state index in [1.807, 2.05) is 0 Å². The summed E-state index contributed by atoms with van der Waals surface area (Å²) in [6, 6.07) is 17.1. The van der Waals surface area contributed by atoms with E-state index in [2.05, 4.69) is 0 Å². The molecule has 1 atom stereocenters. The summed E-state index contributed by atoms with van der Waals surface area (Å²) < 4.78 is 86.6. The quantitative estimate of drug-likeness (QED) is 0.332. The summed E-state index contributed by atoms with van der Waals surface area (Å²) in [6.45, 7) is 0. The Morgan fingerprint density at radius 3 is 2.12 bits per heavy atom. The van der Waals surface area contributed by atoms with Crippen molar-refractivity contribution in [3.8, 4) is 11.5 Å². The van der Waals surface area contributed by atoms with Crippen LogP contribution in [0.2, 0.25) is 0 Å². The molecule has 3 aromatic carbocycles. The Bertz CT molecular complexity index is 1080. The Kier molecular flexibility index (Phi) is 5.69. The zero-order valence-corrected chi connectivity index (χ0v) is 16.9. The molecule has 0 amide bonds. The van der Waals surface area contributed by atoms with Crippen LogP contribution in [0.4, 0.5) is 26.3 Å². The van der Waals surface area contributed by atoms with Gasteiger partial charge in [0.05, 0.1) is 11.0 Å². The van der Waals surface area contributed by atoms with Gasteiger partial charge in [0.25, 0.3) is 5.92 Å². The molecular weight excluding hydrogens is 430 g/mol. The zero-order chi connectivity index (χ0) is 23.0. The van der Waals surface area contributed by atoms with E-state index in [1.165, 1.54) is 12.1 Å². The van der Waals surface area contributed by atoms with E-state index in [0.29, 0.717) is 18.6 Å². The molecule has 0 N–H and O–H groups in total. The predicted molar refractivity (Wildman–Crippen MR) is 109 cm³/mol. The van der Waals surface area contributed by atoms with E-state index in [9.17, 15) is 26.3 Å². The van der Waals surface area contributed by atoms with Crippen molar-refractivity contribution in [1.29, 1.82) is 0 Å². The van der Waals surface area contributed by atoms with Crippen LogP contribution < -0.4 is 4.74 Å². The largest absolute Gasteiger partial charge is 0.454 e. The lowest BCUT2D eigenvalue weighted by Crippen LogP contribution is -2.17. The first-order valence-corrected chi connectivity index (χ1v) is 10.2. The number of aryl methyl sites for hydroxylation is 1. The highest BCUT2D eigenvalue weighted by atomic mass is 19.4. The molecule has 1 aliphatic rings. The van der Waals surface area contributed by atoms with Gasteiger partial charge in [0.1, 0.15) is 5.75 Å². The molecule has 0 aromatic heterocycles. The Morgan fingerprint density at radius 2 is 1.53 bits per heavy atom. The zero-order valence-electron chi connectivity index (χ0n) is 16.9. The third-order valence-electron chi connectivity index (χ3n) is 5.90. The minimum absolute atomic E-state index is 0.0444. The average molecular weight is 450 g/mol. The lowest BCUT2D eigenvalue weighted by molar-refractivity contribution is -0.137. The van der Waals surface area contributed by atoms with Crippen molar-refractivity contribution in [2.75, 3.05) is 0 Å². The van der Waals surface area contributed by atoms with Gasteiger partial charge in [-0.05, 0) is 66.8 Å². The van der Waals surface area contributed by atoms with Crippen molar-refractivity contribution in [3.63, 3.8) is 0 Å². The Balaban J connectivity index is 1.44. The number of para-hydroxylation sites is 1. The smallest absolute Gasteiger partial charge is 0.416 e. The third kappa shape index (κ3) is 4.47. The SMILES string of the molecule is Fc1ccc(CCCC2(c3ccc(C(F)(F)F)cc3)CC2(F)F)cc1Oc1ccccc1. The topological polar surface area (TPSA) is 9.23 Å². The number of benzene rings is 3. The summed E-state index contributed by atoms with van der Waals surface area (Å²) in [4.78, 5) is 0. The van der Waals surface area contributed by atoms with Crippen LogP contribution in [0, 0.1) is 5.82 Å². The molecule has 1 aliphatic carbocycles. The van der Waals surface area contributed by atoms with Crippen molar-refractivity contribution in [3.05, 3.63) is 95.3 Å². The third-order valence-corrected chi connectivity index (χ3v) is 5.90. The second-order valence-electron chi connectivity index (χ2n) is 8.07. The second kappa shape index (κ2) is 8.19. The van der Waals surface area contributed by atoms with Crippen molar-refractivity contribution in [2.45, 2.75) is 43.2 Å².